The molecule has 162 valence electrons. The third-order valence-corrected chi connectivity index (χ3v) is 6.01. The van der Waals surface area contributed by atoms with Gasteiger partial charge in [0.15, 0.2) is 6.61 Å². The van der Waals surface area contributed by atoms with Crippen molar-refractivity contribution in [2.45, 2.75) is 11.8 Å². The van der Waals surface area contributed by atoms with Crippen LogP contribution >= 0.6 is 11.6 Å². The Morgan fingerprint density at radius 2 is 1.74 bits per heavy atom. The second kappa shape index (κ2) is 9.72. The molecule has 7 nitrogen and oxygen atoms in total. The van der Waals surface area contributed by atoms with Gasteiger partial charge in [-0.1, -0.05) is 23.7 Å². The molecular formula is C22H21ClN2O5S. The third-order valence-electron chi connectivity index (χ3n) is 4.31. The number of anilines is 2. The summed E-state index contributed by atoms with van der Waals surface area (Å²) in [6.07, 6.45) is 0. The molecule has 0 saturated carbocycles. The van der Waals surface area contributed by atoms with E-state index in [1.54, 1.807) is 55.5 Å². The number of ether oxygens (including phenoxy) is 2. The average molecular weight is 461 g/mol. The average Bonchev–Trinajstić information content (AvgIpc) is 2.75. The Morgan fingerprint density at radius 3 is 2.39 bits per heavy atom. The van der Waals surface area contributed by atoms with E-state index in [-0.39, 0.29) is 17.4 Å². The predicted molar refractivity (Wildman–Crippen MR) is 121 cm³/mol. The molecule has 0 radical (unpaired) electrons. The van der Waals surface area contributed by atoms with Gasteiger partial charge in [0, 0.05) is 5.69 Å². The van der Waals surface area contributed by atoms with Gasteiger partial charge < -0.3 is 14.8 Å². The number of benzene rings is 3. The summed E-state index contributed by atoms with van der Waals surface area (Å²) < 4.78 is 38.4. The minimum atomic E-state index is -3.79. The highest BCUT2D eigenvalue weighted by Gasteiger charge is 2.16. The van der Waals surface area contributed by atoms with Gasteiger partial charge in [0.2, 0.25) is 0 Å². The standard InChI is InChI=1S/C22H21ClN2O5S/c1-15-13-18(31(27,28)25-16-7-9-17(29-2)10-8-16)11-12-21(15)30-14-22(26)24-20-6-4-3-5-19(20)23/h3-13,25H,14H2,1-2H3,(H,24,26). The van der Waals surface area contributed by atoms with Gasteiger partial charge in [0.25, 0.3) is 15.9 Å². The van der Waals surface area contributed by atoms with E-state index in [1.165, 1.54) is 25.3 Å². The molecule has 3 rings (SSSR count). The summed E-state index contributed by atoms with van der Waals surface area (Å²) >= 11 is 6.02. The molecule has 31 heavy (non-hydrogen) atoms. The summed E-state index contributed by atoms with van der Waals surface area (Å²) in [5.74, 6) is 0.641. The topological polar surface area (TPSA) is 93.7 Å². The fourth-order valence-corrected chi connectivity index (χ4v) is 4.04. The van der Waals surface area contributed by atoms with Gasteiger partial charge in [0.05, 0.1) is 22.7 Å². The van der Waals surface area contributed by atoms with E-state index in [0.717, 1.165) is 0 Å². The fraction of sp³-hybridized carbons (Fsp3) is 0.136. The Kier molecular flexibility index (Phi) is 7.04. The third kappa shape index (κ3) is 5.90. The predicted octanol–water partition coefficient (Wildman–Crippen LogP) is 4.48. The van der Waals surface area contributed by atoms with E-state index in [0.29, 0.717) is 33.5 Å². The van der Waals surface area contributed by atoms with E-state index >= 15 is 0 Å². The molecule has 3 aromatic carbocycles. The molecule has 0 aromatic heterocycles. The lowest BCUT2D eigenvalue weighted by Gasteiger charge is -2.13. The van der Waals surface area contributed by atoms with E-state index in [1.807, 2.05) is 0 Å². The van der Waals surface area contributed by atoms with Crippen LogP contribution in [-0.2, 0) is 14.8 Å². The summed E-state index contributed by atoms with van der Waals surface area (Å²) in [5.41, 5.74) is 1.47. The minimum Gasteiger partial charge on any atom is -0.497 e. The highest BCUT2D eigenvalue weighted by Crippen LogP contribution is 2.25. The van der Waals surface area contributed by atoms with Crippen LogP contribution in [0.1, 0.15) is 5.56 Å². The van der Waals surface area contributed by atoms with Crippen LogP contribution in [-0.4, -0.2) is 28.0 Å². The summed E-state index contributed by atoms with van der Waals surface area (Å²) in [6.45, 7) is 1.45. The van der Waals surface area contributed by atoms with Gasteiger partial charge in [-0.2, -0.15) is 0 Å². The van der Waals surface area contributed by atoms with Crippen molar-refractivity contribution in [1.82, 2.24) is 0 Å². The number of hydrogen-bond acceptors (Lipinski definition) is 5. The zero-order valence-electron chi connectivity index (χ0n) is 16.9. The Hall–Kier alpha value is -3.23. The van der Waals surface area contributed by atoms with Crippen molar-refractivity contribution in [1.29, 1.82) is 0 Å². The van der Waals surface area contributed by atoms with Gasteiger partial charge in [-0.25, -0.2) is 8.42 Å². The first-order valence-corrected chi connectivity index (χ1v) is 11.1. The Bertz CT molecular complexity index is 1180. The molecule has 9 heteroatoms. The number of sulfonamides is 1. The first kappa shape index (κ1) is 22.5. The van der Waals surface area contributed by atoms with Crippen molar-refractivity contribution >= 4 is 38.9 Å². The molecular weight excluding hydrogens is 440 g/mol. The molecule has 0 aliphatic rings. The number of aryl methyl sites for hydroxylation is 1. The minimum absolute atomic E-state index is 0.0775. The van der Waals surface area contributed by atoms with Crippen molar-refractivity contribution in [2.24, 2.45) is 0 Å². The van der Waals surface area contributed by atoms with Gasteiger partial charge in [-0.15, -0.1) is 0 Å². The maximum absolute atomic E-state index is 12.7. The zero-order valence-corrected chi connectivity index (χ0v) is 18.5. The van der Waals surface area contributed by atoms with Crippen LogP contribution in [0.3, 0.4) is 0 Å². The molecule has 0 fully saturated rings. The first-order chi connectivity index (χ1) is 14.8. The normalized spacial score (nSPS) is 10.9. The Labute approximate surface area is 186 Å². The van der Waals surface area contributed by atoms with Crippen LogP contribution in [0.2, 0.25) is 5.02 Å². The fourth-order valence-electron chi connectivity index (χ4n) is 2.72. The quantitative estimate of drug-likeness (QED) is 0.517. The van der Waals surface area contributed by atoms with Crippen molar-refractivity contribution in [2.75, 3.05) is 23.8 Å². The molecule has 0 unspecified atom stereocenters. The second-order valence-electron chi connectivity index (χ2n) is 6.58. The smallest absolute Gasteiger partial charge is 0.262 e. The molecule has 0 aliphatic heterocycles. The van der Waals surface area contributed by atoms with Crippen molar-refractivity contribution in [3.63, 3.8) is 0 Å². The summed E-state index contributed by atoms with van der Waals surface area (Å²) in [4.78, 5) is 12.2. The molecule has 0 saturated heterocycles. The van der Waals surface area contributed by atoms with Crippen molar-refractivity contribution in [3.8, 4) is 11.5 Å². The number of carbonyl (C=O) groups excluding carboxylic acids is 1. The summed E-state index contributed by atoms with van der Waals surface area (Å²) in [5, 5.41) is 3.08. The maximum Gasteiger partial charge on any atom is 0.262 e. The SMILES string of the molecule is COc1ccc(NS(=O)(=O)c2ccc(OCC(=O)Nc3ccccc3Cl)c(C)c2)cc1. The lowest BCUT2D eigenvalue weighted by atomic mass is 10.2. The van der Waals surface area contributed by atoms with E-state index in [9.17, 15) is 13.2 Å². The molecule has 0 aliphatic carbocycles. The molecule has 0 spiro atoms. The zero-order chi connectivity index (χ0) is 22.4. The molecule has 1 amide bonds. The number of methoxy groups -OCH3 is 1. The van der Waals surface area contributed by atoms with Gasteiger partial charge in [0.1, 0.15) is 11.5 Å². The van der Waals surface area contributed by atoms with Crippen LogP contribution in [0.25, 0.3) is 0 Å². The van der Waals surface area contributed by atoms with Gasteiger partial charge in [-0.05, 0) is 67.1 Å². The number of hydrogen-bond donors (Lipinski definition) is 2. The molecule has 0 atom stereocenters. The second-order valence-corrected chi connectivity index (χ2v) is 8.67. The maximum atomic E-state index is 12.7. The van der Waals surface area contributed by atoms with Crippen LogP contribution in [0.15, 0.2) is 71.6 Å². The molecule has 2 N–H and O–H groups in total. The lowest BCUT2D eigenvalue weighted by molar-refractivity contribution is -0.118. The van der Waals surface area contributed by atoms with E-state index < -0.39 is 10.0 Å². The van der Waals surface area contributed by atoms with E-state index in [4.69, 9.17) is 21.1 Å². The number of nitrogens with one attached hydrogen (secondary N) is 2. The van der Waals surface area contributed by atoms with Crippen LogP contribution in [0.4, 0.5) is 11.4 Å². The Balaban J connectivity index is 1.64. The number of carbonyl (C=O) groups is 1. The summed E-state index contributed by atoms with van der Waals surface area (Å²) in [6, 6.07) is 17.8. The number of rotatable bonds is 8. The van der Waals surface area contributed by atoms with Crippen LogP contribution < -0.4 is 19.5 Å². The van der Waals surface area contributed by atoms with E-state index in [2.05, 4.69) is 10.0 Å². The lowest BCUT2D eigenvalue weighted by Crippen LogP contribution is -2.20. The number of para-hydroxylation sites is 1. The monoisotopic (exact) mass is 460 g/mol. The largest absolute Gasteiger partial charge is 0.497 e. The van der Waals surface area contributed by atoms with Crippen LogP contribution in [0.5, 0.6) is 11.5 Å². The van der Waals surface area contributed by atoms with Crippen molar-refractivity contribution < 1.29 is 22.7 Å². The van der Waals surface area contributed by atoms with Crippen molar-refractivity contribution in [3.05, 3.63) is 77.3 Å². The Morgan fingerprint density at radius 1 is 1.03 bits per heavy atom. The van der Waals surface area contributed by atoms with Crippen LogP contribution in [0, 0.1) is 6.92 Å². The van der Waals surface area contributed by atoms with Gasteiger partial charge >= 0.3 is 0 Å². The number of amides is 1. The number of halogens is 1. The highest BCUT2D eigenvalue weighted by atomic mass is 35.5. The molecule has 3 aromatic rings. The molecule has 0 bridgehead atoms. The molecule has 0 heterocycles. The first-order valence-electron chi connectivity index (χ1n) is 9.23. The highest BCUT2D eigenvalue weighted by molar-refractivity contribution is 7.92. The van der Waals surface area contributed by atoms with Gasteiger partial charge in [-0.3, -0.25) is 9.52 Å². The summed E-state index contributed by atoms with van der Waals surface area (Å²) in [7, 11) is -2.26.